The Labute approximate surface area is 120 Å². The number of nitrogen functional groups attached to an aromatic ring is 1. The third kappa shape index (κ3) is 3.51. The van der Waals surface area contributed by atoms with Crippen LogP contribution in [0, 0.1) is 5.92 Å². The summed E-state index contributed by atoms with van der Waals surface area (Å²) >= 11 is 0. The number of methoxy groups -OCH3 is 1. The Morgan fingerprint density at radius 1 is 1.45 bits per heavy atom. The number of carbonyl (C=O) groups is 1. The summed E-state index contributed by atoms with van der Waals surface area (Å²) in [6, 6.07) is 7.73. The first kappa shape index (κ1) is 14.9. The van der Waals surface area contributed by atoms with Gasteiger partial charge in [0.2, 0.25) is 5.91 Å². The molecule has 1 heterocycles. The molecule has 2 rings (SSSR count). The van der Waals surface area contributed by atoms with E-state index in [0.717, 1.165) is 24.2 Å². The molecule has 0 aliphatic carbocycles. The van der Waals surface area contributed by atoms with E-state index in [2.05, 4.69) is 6.92 Å². The maximum atomic E-state index is 12.3. The number of nitrogens with zero attached hydrogens (tertiary/aromatic N) is 1. The van der Waals surface area contributed by atoms with Crippen LogP contribution in [0.15, 0.2) is 24.3 Å². The molecule has 1 aromatic rings. The van der Waals surface area contributed by atoms with Crippen molar-refractivity contribution in [2.24, 2.45) is 5.92 Å². The van der Waals surface area contributed by atoms with Crippen molar-refractivity contribution >= 4 is 11.6 Å². The second-order valence-corrected chi connectivity index (χ2v) is 5.58. The summed E-state index contributed by atoms with van der Waals surface area (Å²) in [4.78, 5) is 14.2. The lowest BCUT2D eigenvalue weighted by Crippen LogP contribution is -2.46. The van der Waals surface area contributed by atoms with E-state index in [9.17, 15) is 4.79 Å². The van der Waals surface area contributed by atoms with Gasteiger partial charge in [0.05, 0.1) is 6.10 Å². The van der Waals surface area contributed by atoms with Crippen LogP contribution in [0.3, 0.4) is 0 Å². The monoisotopic (exact) mass is 276 g/mol. The van der Waals surface area contributed by atoms with E-state index in [1.807, 2.05) is 29.2 Å². The number of hydrogen-bond acceptors (Lipinski definition) is 3. The predicted molar refractivity (Wildman–Crippen MR) is 80.3 cm³/mol. The summed E-state index contributed by atoms with van der Waals surface area (Å²) in [5, 5.41) is 0. The van der Waals surface area contributed by atoms with E-state index < -0.39 is 0 Å². The number of anilines is 1. The number of ether oxygens (including phenoxy) is 1. The van der Waals surface area contributed by atoms with Crippen molar-refractivity contribution in [3.63, 3.8) is 0 Å². The Morgan fingerprint density at radius 3 is 2.90 bits per heavy atom. The fourth-order valence-corrected chi connectivity index (χ4v) is 2.73. The molecule has 0 aromatic heterocycles. The number of rotatable bonds is 4. The van der Waals surface area contributed by atoms with Crippen LogP contribution in [-0.2, 0) is 16.0 Å². The zero-order valence-corrected chi connectivity index (χ0v) is 12.3. The quantitative estimate of drug-likeness (QED) is 0.857. The Hall–Kier alpha value is -1.55. The molecule has 2 atom stereocenters. The van der Waals surface area contributed by atoms with Crippen molar-refractivity contribution in [2.45, 2.75) is 32.3 Å². The second kappa shape index (κ2) is 6.75. The van der Waals surface area contributed by atoms with Crippen molar-refractivity contribution in [2.75, 3.05) is 25.9 Å². The first-order chi connectivity index (χ1) is 9.61. The van der Waals surface area contributed by atoms with Crippen molar-refractivity contribution in [1.82, 2.24) is 4.90 Å². The lowest BCUT2D eigenvalue weighted by atomic mass is 9.95. The Kier molecular flexibility index (Phi) is 5.01. The van der Waals surface area contributed by atoms with Crippen molar-refractivity contribution in [1.29, 1.82) is 0 Å². The van der Waals surface area contributed by atoms with Gasteiger partial charge in [0.25, 0.3) is 0 Å². The van der Waals surface area contributed by atoms with Gasteiger partial charge in [-0.25, -0.2) is 0 Å². The predicted octanol–water partition coefficient (Wildman–Crippen LogP) is 2.08. The molecule has 0 spiro atoms. The summed E-state index contributed by atoms with van der Waals surface area (Å²) in [5.74, 6) is 0.719. The standard InChI is InChI=1S/C16H24N2O2/c1-12-9-10-18(11-15(12)20-2)16(19)8-7-13-5-3-4-6-14(13)17/h3-6,12,15H,7-11,17H2,1-2H3. The molecule has 4 heteroatoms. The van der Waals surface area contributed by atoms with Crippen LogP contribution in [0.4, 0.5) is 5.69 Å². The smallest absolute Gasteiger partial charge is 0.222 e. The van der Waals surface area contributed by atoms with Crippen LogP contribution < -0.4 is 5.73 Å². The third-order valence-corrected chi connectivity index (χ3v) is 4.21. The van der Waals surface area contributed by atoms with Crippen LogP contribution in [0.2, 0.25) is 0 Å². The number of aryl methyl sites for hydroxylation is 1. The number of amides is 1. The minimum absolute atomic E-state index is 0.162. The van der Waals surface area contributed by atoms with E-state index in [1.165, 1.54) is 0 Å². The SMILES string of the molecule is COC1CN(C(=O)CCc2ccccc2N)CCC1C. The van der Waals surface area contributed by atoms with Gasteiger partial charge in [-0.05, 0) is 30.4 Å². The third-order valence-electron chi connectivity index (χ3n) is 4.21. The van der Waals surface area contributed by atoms with Gasteiger partial charge in [0.1, 0.15) is 0 Å². The summed E-state index contributed by atoms with van der Waals surface area (Å²) in [7, 11) is 1.72. The van der Waals surface area contributed by atoms with Gasteiger partial charge in [-0.15, -0.1) is 0 Å². The highest BCUT2D eigenvalue weighted by Crippen LogP contribution is 2.21. The number of likely N-dealkylation sites (tertiary alicyclic amines) is 1. The Bertz CT molecular complexity index is 462. The van der Waals surface area contributed by atoms with Crippen molar-refractivity contribution in [3.05, 3.63) is 29.8 Å². The molecule has 0 bridgehead atoms. The van der Waals surface area contributed by atoms with Crippen LogP contribution in [-0.4, -0.2) is 37.1 Å². The molecule has 1 aliphatic heterocycles. The summed E-state index contributed by atoms with van der Waals surface area (Å²) in [6.45, 7) is 3.73. The molecule has 2 unspecified atom stereocenters. The summed E-state index contributed by atoms with van der Waals surface area (Å²) < 4.78 is 5.45. The minimum Gasteiger partial charge on any atom is -0.399 e. The first-order valence-corrected chi connectivity index (χ1v) is 7.25. The lowest BCUT2D eigenvalue weighted by Gasteiger charge is -2.36. The van der Waals surface area contributed by atoms with Crippen molar-refractivity contribution < 1.29 is 9.53 Å². The average molecular weight is 276 g/mol. The van der Waals surface area contributed by atoms with Crippen LogP contribution in [0.1, 0.15) is 25.3 Å². The number of hydrogen-bond donors (Lipinski definition) is 1. The summed E-state index contributed by atoms with van der Waals surface area (Å²) in [6.07, 6.45) is 2.39. The molecule has 20 heavy (non-hydrogen) atoms. The molecule has 1 amide bonds. The van der Waals surface area contributed by atoms with E-state index in [1.54, 1.807) is 7.11 Å². The Morgan fingerprint density at radius 2 is 2.20 bits per heavy atom. The van der Waals surface area contributed by atoms with Gasteiger partial charge in [-0.3, -0.25) is 4.79 Å². The van der Waals surface area contributed by atoms with E-state index >= 15 is 0 Å². The molecule has 110 valence electrons. The molecule has 0 saturated carbocycles. The van der Waals surface area contributed by atoms with Gasteiger partial charge in [-0.2, -0.15) is 0 Å². The number of benzene rings is 1. The largest absolute Gasteiger partial charge is 0.399 e. The molecule has 1 aromatic carbocycles. The highest BCUT2D eigenvalue weighted by molar-refractivity contribution is 5.76. The molecule has 2 N–H and O–H groups in total. The minimum atomic E-state index is 0.162. The average Bonchev–Trinajstić information content (AvgIpc) is 2.46. The molecular formula is C16H24N2O2. The maximum absolute atomic E-state index is 12.3. The van der Waals surface area contributed by atoms with Crippen LogP contribution in [0.5, 0.6) is 0 Å². The van der Waals surface area contributed by atoms with Gasteiger partial charge in [-0.1, -0.05) is 25.1 Å². The highest BCUT2D eigenvalue weighted by atomic mass is 16.5. The zero-order valence-electron chi connectivity index (χ0n) is 12.3. The van der Waals surface area contributed by atoms with Gasteiger partial charge >= 0.3 is 0 Å². The molecule has 1 saturated heterocycles. The second-order valence-electron chi connectivity index (χ2n) is 5.58. The lowest BCUT2D eigenvalue weighted by molar-refractivity contribution is -0.136. The van der Waals surface area contributed by atoms with E-state index in [4.69, 9.17) is 10.5 Å². The fraction of sp³-hybridized carbons (Fsp3) is 0.562. The molecule has 0 radical (unpaired) electrons. The maximum Gasteiger partial charge on any atom is 0.222 e. The highest BCUT2D eigenvalue weighted by Gasteiger charge is 2.28. The van der Waals surface area contributed by atoms with Gasteiger partial charge in [0.15, 0.2) is 0 Å². The Balaban J connectivity index is 1.88. The normalized spacial score (nSPS) is 22.8. The van der Waals surface area contributed by atoms with Gasteiger partial charge < -0.3 is 15.4 Å². The zero-order chi connectivity index (χ0) is 14.5. The number of carbonyl (C=O) groups excluding carboxylic acids is 1. The van der Waals surface area contributed by atoms with E-state index in [-0.39, 0.29) is 12.0 Å². The van der Waals surface area contributed by atoms with Gasteiger partial charge in [0, 0.05) is 32.3 Å². The van der Waals surface area contributed by atoms with Crippen LogP contribution in [0.25, 0.3) is 0 Å². The molecule has 4 nitrogen and oxygen atoms in total. The molecule has 1 aliphatic rings. The van der Waals surface area contributed by atoms with Crippen molar-refractivity contribution in [3.8, 4) is 0 Å². The topological polar surface area (TPSA) is 55.6 Å². The first-order valence-electron chi connectivity index (χ1n) is 7.25. The van der Waals surface area contributed by atoms with Crippen LogP contribution >= 0.6 is 0 Å². The number of piperidine rings is 1. The fourth-order valence-electron chi connectivity index (χ4n) is 2.73. The number of nitrogens with two attached hydrogens (primary N) is 1. The number of para-hydroxylation sites is 1. The molecular weight excluding hydrogens is 252 g/mol. The van der Waals surface area contributed by atoms with E-state index in [0.29, 0.717) is 25.3 Å². The summed E-state index contributed by atoms with van der Waals surface area (Å²) in [5.41, 5.74) is 7.72. The molecule has 1 fully saturated rings.